The summed E-state index contributed by atoms with van der Waals surface area (Å²) >= 11 is 0. The molecule has 0 aliphatic carbocycles. The van der Waals surface area contributed by atoms with Crippen LogP contribution in [0.25, 0.3) is 11.1 Å². The Bertz CT molecular complexity index is 1060. The minimum absolute atomic E-state index is 0.0312. The van der Waals surface area contributed by atoms with Gasteiger partial charge in [0.25, 0.3) is 5.71 Å². The molecule has 4 heterocycles. The van der Waals surface area contributed by atoms with Crippen LogP contribution < -0.4 is 10.2 Å². The van der Waals surface area contributed by atoms with E-state index in [2.05, 4.69) is 60.6 Å². The summed E-state index contributed by atoms with van der Waals surface area (Å²) in [5.74, 6) is 0.959. The molecule has 1 unspecified atom stereocenters. The first kappa shape index (κ1) is 20.9. The molecule has 2 aromatic heterocycles. The number of carbonyl (C=O) groups is 1. The van der Waals surface area contributed by atoms with Gasteiger partial charge >= 0.3 is 0 Å². The second kappa shape index (κ2) is 9.24. The molecule has 32 heavy (non-hydrogen) atoms. The number of carbonyl (C=O) groups excluding carboxylic acids is 1. The summed E-state index contributed by atoms with van der Waals surface area (Å²) in [5.41, 5.74) is 2.63. The summed E-state index contributed by atoms with van der Waals surface area (Å²) in [6.45, 7) is 6.45. The van der Waals surface area contributed by atoms with Gasteiger partial charge in [0.15, 0.2) is 0 Å². The van der Waals surface area contributed by atoms with E-state index in [-0.39, 0.29) is 17.9 Å². The molecule has 8 nitrogen and oxygen atoms in total. The second-order valence-electron chi connectivity index (χ2n) is 8.98. The maximum atomic E-state index is 13.1. The van der Waals surface area contributed by atoms with Crippen molar-refractivity contribution in [2.45, 2.75) is 45.2 Å². The van der Waals surface area contributed by atoms with Gasteiger partial charge in [-0.3, -0.25) is 9.69 Å². The molecule has 1 aromatic carbocycles. The van der Waals surface area contributed by atoms with E-state index >= 15 is 0 Å². The quantitative estimate of drug-likeness (QED) is 0.661. The molecule has 2 aliphatic heterocycles. The molecule has 1 amide bonds. The van der Waals surface area contributed by atoms with Crippen molar-refractivity contribution in [3.8, 4) is 0 Å². The van der Waals surface area contributed by atoms with E-state index in [1.807, 2.05) is 6.92 Å². The van der Waals surface area contributed by atoms with Gasteiger partial charge in [0.05, 0.1) is 11.6 Å². The van der Waals surface area contributed by atoms with Crippen molar-refractivity contribution in [1.29, 1.82) is 0 Å². The number of fused-ring (bicyclic) bond motifs is 1. The average Bonchev–Trinajstić information content (AvgIpc) is 3.22. The van der Waals surface area contributed by atoms with Crippen LogP contribution in [-0.4, -0.2) is 58.2 Å². The number of benzene rings is 1. The Morgan fingerprint density at radius 3 is 2.75 bits per heavy atom. The van der Waals surface area contributed by atoms with E-state index in [1.165, 1.54) is 11.9 Å². The van der Waals surface area contributed by atoms with Gasteiger partial charge in [0, 0.05) is 38.8 Å². The van der Waals surface area contributed by atoms with Crippen LogP contribution >= 0.6 is 0 Å². The van der Waals surface area contributed by atoms with E-state index in [0.717, 1.165) is 68.8 Å². The van der Waals surface area contributed by atoms with Crippen molar-refractivity contribution in [1.82, 2.24) is 25.3 Å². The lowest BCUT2D eigenvalue weighted by molar-refractivity contribution is -0.126. The Kier molecular flexibility index (Phi) is 6.03. The monoisotopic (exact) mass is 434 g/mol. The number of nitrogens with one attached hydrogen (secondary N) is 1. The molecular weight excluding hydrogens is 404 g/mol. The average molecular weight is 435 g/mol. The number of piperidine rings is 2. The number of hydrogen-bond acceptors (Lipinski definition) is 7. The summed E-state index contributed by atoms with van der Waals surface area (Å²) in [4.78, 5) is 26.4. The number of aryl methyl sites for hydroxylation is 1. The first-order valence-corrected chi connectivity index (χ1v) is 11.6. The highest BCUT2D eigenvalue weighted by Crippen LogP contribution is 2.29. The first-order chi connectivity index (χ1) is 15.7. The fourth-order valence-electron chi connectivity index (χ4n) is 4.92. The summed E-state index contributed by atoms with van der Waals surface area (Å²) in [5, 5.41) is 8.21. The zero-order valence-corrected chi connectivity index (χ0v) is 18.5. The van der Waals surface area contributed by atoms with E-state index < -0.39 is 0 Å². The summed E-state index contributed by atoms with van der Waals surface area (Å²) in [6.07, 6.45) is 5.38. The molecule has 5 rings (SSSR count). The lowest BCUT2D eigenvalue weighted by Crippen LogP contribution is -2.49. The van der Waals surface area contributed by atoms with Crippen LogP contribution in [0.4, 0.5) is 5.82 Å². The Balaban J connectivity index is 1.16. The number of aromatic nitrogens is 3. The molecule has 0 saturated carbocycles. The number of rotatable bonds is 5. The van der Waals surface area contributed by atoms with Gasteiger partial charge in [-0.15, -0.1) is 0 Å². The van der Waals surface area contributed by atoms with E-state index in [4.69, 9.17) is 4.52 Å². The smallest absolute Gasteiger partial charge is 0.263 e. The predicted molar refractivity (Wildman–Crippen MR) is 122 cm³/mol. The van der Waals surface area contributed by atoms with Crippen molar-refractivity contribution in [3.05, 3.63) is 47.9 Å². The fourth-order valence-corrected chi connectivity index (χ4v) is 4.92. The zero-order chi connectivity index (χ0) is 21.9. The third kappa shape index (κ3) is 4.46. The van der Waals surface area contributed by atoms with Gasteiger partial charge in [-0.2, -0.15) is 4.98 Å². The van der Waals surface area contributed by atoms with Crippen LogP contribution in [0.1, 0.15) is 36.9 Å². The van der Waals surface area contributed by atoms with E-state index in [9.17, 15) is 4.79 Å². The maximum absolute atomic E-state index is 13.1. The number of anilines is 1. The first-order valence-electron chi connectivity index (χ1n) is 11.6. The molecule has 0 bridgehead atoms. The van der Waals surface area contributed by atoms with E-state index in [1.54, 1.807) is 0 Å². The molecule has 168 valence electrons. The van der Waals surface area contributed by atoms with Gasteiger partial charge in [-0.25, -0.2) is 4.98 Å². The number of hydrogen-bond donors (Lipinski definition) is 1. The van der Waals surface area contributed by atoms with Crippen LogP contribution in [-0.2, 0) is 11.3 Å². The fraction of sp³-hybridized carbons (Fsp3) is 0.500. The highest BCUT2D eigenvalue weighted by molar-refractivity contribution is 5.88. The Labute approximate surface area is 188 Å². The van der Waals surface area contributed by atoms with Crippen LogP contribution in [0.15, 0.2) is 41.2 Å². The van der Waals surface area contributed by atoms with E-state index in [0.29, 0.717) is 12.3 Å². The number of amides is 1. The molecule has 2 saturated heterocycles. The molecule has 0 radical (unpaired) electrons. The number of nitrogens with zero attached hydrogens (tertiary/aromatic N) is 5. The van der Waals surface area contributed by atoms with Crippen molar-refractivity contribution >= 4 is 22.8 Å². The van der Waals surface area contributed by atoms with Gasteiger partial charge < -0.3 is 14.7 Å². The molecule has 3 aromatic rings. The molecule has 0 spiro atoms. The maximum Gasteiger partial charge on any atom is 0.263 e. The minimum Gasteiger partial charge on any atom is -0.355 e. The third-order valence-electron chi connectivity index (χ3n) is 6.70. The van der Waals surface area contributed by atoms with Crippen LogP contribution in [0.5, 0.6) is 0 Å². The van der Waals surface area contributed by atoms with Gasteiger partial charge in [-0.1, -0.05) is 35.5 Å². The SMILES string of the molecule is Cc1noc2ncnc(N3CCCC(C(=O)NC4CCN(Cc5ccccc5)CC4)C3)c12. The summed E-state index contributed by atoms with van der Waals surface area (Å²) in [6, 6.07) is 10.8. The lowest BCUT2D eigenvalue weighted by Gasteiger charge is -2.36. The van der Waals surface area contributed by atoms with Crippen LogP contribution in [0.3, 0.4) is 0 Å². The highest BCUT2D eigenvalue weighted by atomic mass is 16.5. The van der Waals surface area contributed by atoms with Crippen molar-refractivity contribution in [2.24, 2.45) is 5.92 Å². The van der Waals surface area contributed by atoms with Crippen molar-refractivity contribution < 1.29 is 9.32 Å². The Morgan fingerprint density at radius 1 is 1.12 bits per heavy atom. The largest absolute Gasteiger partial charge is 0.355 e. The summed E-state index contributed by atoms with van der Waals surface area (Å²) in [7, 11) is 0. The Morgan fingerprint density at radius 2 is 1.94 bits per heavy atom. The van der Waals surface area contributed by atoms with Crippen LogP contribution in [0, 0.1) is 12.8 Å². The standard InChI is InChI=1S/C24H30N6O2/c1-17-21-22(25-16-26-24(21)32-28-17)30-11-5-8-19(15-30)23(31)27-20-9-12-29(13-10-20)14-18-6-3-2-4-7-18/h2-4,6-7,16,19-20H,5,8-15H2,1H3,(H,27,31). The van der Waals surface area contributed by atoms with Gasteiger partial charge in [0.1, 0.15) is 17.5 Å². The topological polar surface area (TPSA) is 87.4 Å². The lowest BCUT2D eigenvalue weighted by atomic mass is 9.95. The Hall–Kier alpha value is -3.00. The van der Waals surface area contributed by atoms with Gasteiger partial charge in [-0.05, 0) is 38.2 Å². The minimum atomic E-state index is -0.0312. The van der Waals surface area contributed by atoms with Crippen LogP contribution in [0.2, 0.25) is 0 Å². The highest BCUT2D eigenvalue weighted by Gasteiger charge is 2.30. The predicted octanol–water partition coefficient (Wildman–Crippen LogP) is 2.92. The molecule has 2 fully saturated rings. The normalized spacial score (nSPS) is 20.5. The second-order valence-corrected chi connectivity index (χ2v) is 8.98. The van der Waals surface area contributed by atoms with Crippen molar-refractivity contribution in [2.75, 3.05) is 31.1 Å². The molecule has 2 aliphatic rings. The third-order valence-corrected chi connectivity index (χ3v) is 6.70. The molecular formula is C24H30N6O2. The van der Waals surface area contributed by atoms with Crippen molar-refractivity contribution in [3.63, 3.8) is 0 Å². The number of likely N-dealkylation sites (tertiary alicyclic amines) is 1. The molecule has 1 atom stereocenters. The van der Waals surface area contributed by atoms with Gasteiger partial charge in [0.2, 0.25) is 5.91 Å². The molecule has 1 N–H and O–H groups in total. The zero-order valence-electron chi connectivity index (χ0n) is 18.5. The summed E-state index contributed by atoms with van der Waals surface area (Å²) < 4.78 is 5.29. The molecule has 8 heteroatoms.